The predicted molar refractivity (Wildman–Crippen MR) is 59.9 cm³/mol. The van der Waals surface area contributed by atoms with Crippen molar-refractivity contribution in [2.75, 3.05) is 20.5 Å². The number of benzene rings is 1. The SMILES string of the molecule is COc1ccc(OC)c(C#CSC)c1. The fraction of sp³-hybridized carbons (Fsp3) is 0.273. The average Bonchev–Trinajstić information content (AvgIpc) is 2.25. The zero-order valence-corrected chi connectivity index (χ0v) is 9.27. The van der Waals surface area contributed by atoms with E-state index in [4.69, 9.17) is 9.47 Å². The fourth-order valence-corrected chi connectivity index (χ4v) is 1.23. The monoisotopic (exact) mass is 208 g/mol. The molecule has 0 aliphatic heterocycles. The van der Waals surface area contributed by atoms with Crippen molar-refractivity contribution in [3.05, 3.63) is 23.8 Å². The maximum absolute atomic E-state index is 5.17. The molecule has 1 aromatic carbocycles. The molecule has 0 aromatic heterocycles. The van der Waals surface area contributed by atoms with Gasteiger partial charge in [0, 0.05) is 0 Å². The van der Waals surface area contributed by atoms with Gasteiger partial charge in [-0.25, -0.2) is 0 Å². The van der Waals surface area contributed by atoms with Gasteiger partial charge in [-0.2, -0.15) is 0 Å². The first-order valence-corrected chi connectivity index (χ1v) is 5.30. The maximum Gasteiger partial charge on any atom is 0.134 e. The molecule has 3 heteroatoms. The van der Waals surface area contributed by atoms with Crippen molar-refractivity contribution in [1.29, 1.82) is 0 Å². The van der Waals surface area contributed by atoms with E-state index in [0.29, 0.717) is 0 Å². The summed E-state index contributed by atoms with van der Waals surface area (Å²) in [6.45, 7) is 0. The molecule has 0 aliphatic carbocycles. The minimum Gasteiger partial charge on any atom is -0.497 e. The largest absolute Gasteiger partial charge is 0.497 e. The molecule has 0 N–H and O–H groups in total. The van der Waals surface area contributed by atoms with Crippen LogP contribution in [0, 0.1) is 11.2 Å². The van der Waals surface area contributed by atoms with E-state index in [0.717, 1.165) is 17.1 Å². The van der Waals surface area contributed by atoms with Gasteiger partial charge in [0.25, 0.3) is 0 Å². The van der Waals surface area contributed by atoms with Crippen LogP contribution in [-0.2, 0) is 0 Å². The molecule has 0 bridgehead atoms. The van der Waals surface area contributed by atoms with Crippen molar-refractivity contribution in [3.63, 3.8) is 0 Å². The van der Waals surface area contributed by atoms with E-state index in [9.17, 15) is 0 Å². The van der Waals surface area contributed by atoms with Crippen LogP contribution in [0.5, 0.6) is 11.5 Å². The molecule has 0 amide bonds. The van der Waals surface area contributed by atoms with E-state index in [-0.39, 0.29) is 0 Å². The summed E-state index contributed by atoms with van der Waals surface area (Å²) in [6, 6.07) is 5.56. The maximum atomic E-state index is 5.17. The molecule has 0 saturated heterocycles. The molecule has 0 saturated carbocycles. The quantitative estimate of drug-likeness (QED) is 0.695. The molecule has 74 valence electrons. The smallest absolute Gasteiger partial charge is 0.134 e. The number of thioether (sulfide) groups is 1. The molecule has 0 atom stereocenters. The van der Waals surface area contributed by atoms with Gasteiger partial charge < -0.3 is 9.47 Å². The Morgan fingerprint density at radius 3 is 2.57 bits per heavy atom. The summed E-state index contributed by atoms with van der Waals surface area (Å²) in [5.41, 5.74) is 0.848. The summed E-state index contributed by atoms with van der Waals surface area (Å²) in [5.74, 6) is 4.56. The predicted octanol–water partition coefficient (Wildman–Crippen LogP) is 2.38. The van der Waals surface area contributed by atoms with Crippen LogP contribution in [0.15, 0.2) is 18.2 Å². The van der Waals surface area contributed by atoms with Crippen molar-refractivity contribution in [2.45, 2.75) is 0 Å². The van der Waals surface area contributed by atoms with Gasteiger partial charge in [-0.15, -0.1) is 0 Å². The van der Waals surface area contributed by atoms with Crippen LogP contribution in [0.3, 0.4) is 0 Å². The molecule has 2 nitrogen and oxygen atoms in total. The Hall–Kier alpha value is -1.27. The minimum absolute atomic E-state index is 0.771. The van der Waals surface area contributed by atoms with Gasteiger partial charge in [0.2, 0.25) is 0 Å². The Morgan fingerprint density at radius 2 is 2.00 bits per heavy atom. The summed E-state index contributed by atoms with van der Waals surface area (Å²) >= 11 is 1.47. The Morgan fingerprint density at radius 1 is 1.21 bits per heavy atom. The second kappa shape index (κ2) is 5.46. The molecule has 0 heterocycles. The van der Waals surface area contributed by atoms with E-state index in [1.165, 1.54) is 11.8 Å². The molecular formula is C11H12O2S. The molecule has 0 fully saturated rings. The van der Waals surface area contributed by atoms with E-state index < -0.39 is 0 Å². The van der Waals surface area contributed by atoms with E-state index in [1.807, 2.05) is 24.5 Å². The van der Waals surface area contributed by atoms with Gasteiger partial charge in [0.05, 0.1) is 19.8 Å². The van der Waals surface area contributed by atoms with Gasteiger partial charge in [0.15, 0.2) is 0 Å². The van der Waals surface area contributed by atoms with Crippen molar-refractivity contribution in [3.8, 4) is 22.7 Å². The van der Waals surface area contributed by atoms with E-state index in [2.05, 4.69) is 11.2 Å². The molecule has 14 heavy (non-hydrogen) atoms. The summed E-state index contributed by atoms with van der Waals surface area (Å²) in [4.78, 5) is 0. The highest BCUT2D eigenvalue weighted by Crippen LogP contribution is 2.22. The highest BCUT2D eigenvalue weighted by atomic mass is 32.2. The molecule has 1 aromatic rings. The number of rotatable bonds is 2. The zero-order chi connectivity index (χ0) is 10.4. The third-order valence-corrected chi connectivity index (χ3v) is 2.00. The second-order valence-electron chi connectivity index (χ2n) is 2.50. The lowest BCUT2D eigenvalue weighted by molar-refractivity contribution is 0.402. The van der Waals surface area contributed by atoms with Crippen LogP contribution in [0.2, 0.25) is 0 Å². The number of hydrogen-bond donors (Lipinski definition) is 0. The van der Waals surface area contributed by atoms with E-state index in [1.54, 1.807) is 14.2 Å². The van der Waals surface area contributed by atoms with Crippen LogP contribution in [0.4, 0.5) is 0 Å². The lowest BCUT2D eigenvalue weighted by atomic mass is 10.2. The lowest BCUT2D eigenvalue weighted by Gasteiger charge is -2.05. The standard InChI is InChI=1S/C11H12O2S/c1-12-10-4-5-11(13-2)9(8-10)6-7-14-3/h4-5,8H,1-3H3. The summed E-state index contributed by atoms with van der Waals surface area (Å²) in [7, 11) is 3.26. The topological polar surface area (TPSA) is 18.5 Å². The Balaban J connectivity index is 3.08. The highest BCUT2D eigenvalue weighted by molar-refractivity contribution is 8.03. The molecular weight excluding hydrogens is 196 g/mol. The van der Waals surface area contributed by atoms with E-state index >= 15 is 0 Å². The first kappa shape index (κ1) is 10.8. The van der Waals surface area contributed by atoms with Crippen LogP contribution in [-0.4, -0.2) is 20.5 Å². The summed E-state index contributed by atoms with van der Waals surface area (Å²) in [5, 5.41) is 2.92. The Kier molecular flexibility index (Phi) is 4.21. The van der Waals surface area contributed by atoms with Gasteiger partial charge in [-0.3, -0.25) is 0 Å². The third-order valence-electron chi connectivity index (χ3n) is 1.69. The second-order valence-corrected chi connectivity index (χ2v) is 3.11. The number of methoxy groups -OCH3 is 2. The van der Waals surface area contributed by atoms with Crippen LogP contribution in [0.1, 0.15) is 5.56 Å². The average molecular weight is 208 g/mol. The first-order chi connectivity index (χ1) is 6.81. The zero-order valence-electron chi connectivity index (χ0n) is 8.46. The minimum atomic E-state index is 0.771. The van der Waals surface area contributed by atoms with Gasteiger partial charge in [-0.05, 0) is 29.7 Å². The van der Waals surface area contributed by atoms with Crippen molar-refractivity contribution in [2.24, 2.45) is 0 Å². The molecule has 0 unspecified atom stereocenters. The van der Waals surface area contributed by atoms with Crippen molar-refractivity contribution < 1.29 is 9.47 Å². The molecule has 0 aliphatic rings. The molecule has 0 spiro atoms. The lowest BCUT2D eigenvalue weighted by Crippen LogP contribution is -1.89. The Bertz CT molecular complexity index is 363. The van der Waals surface area contributed by atoms with Gasteiger partial charge in [0.1, 0.15) is 11.5 Å². The molecule has 1 rings (SSSR count). The van der Waals surface area contributed by atoms with Crippen LogP contribution >= 0.6 is 11.8 Å². The van der Waals surface area contributed by atoms with Gasteiger partial charge in [-0.1, -0.05) is 17.7 Å². The molecule has 0 radical (unpaired) electrons. The summed E-state index contributed by atoms with van der Waals surface area (Å²) in [6.07, 6.45) is 1.93. The normalized spacial score (nSPS) is 8.79. The number of ether oxygens (including phenoxy) is 2. The summed E-state index contributed by atoms with van der Waals surface area (Å²) < 4.78 is 10.3. The Labute approximate surface area is 88.6 Å². The van der Waals surface area contributed by atoms with Crippen molar-refractivity contribution >= 4 is 11.8 Å². The first-order valence-electron chi connectivity index (χ1n) is 4.08. The van der Waals surface area contributed by atoms with Crippen LogP contribution < -0.4 is 9.47 Å². The fourth-order valence-electron chi connectivity index (χ4n) is 1.02. The third kappa shape index (κ3) is 2.61. The van der Waals surface area contributed by atoms with Crippen LogP contribution in [0.25, 0.3) is 0 Å². The van der Waals surface area contributed by atoms with Crippen molar-refractivity contribution in [1.82, 2.24) is 0 Å². The number of hydrogen-bond acceptors (Lipinski definition) is 3. The highest BCUT2D eigenvalue weighted by Gasteiger charge is 2.01. The van der Waals surface area contributed by atoms with Gasteiger partial charge >= 0.3 is 0 Å².